The Balaban J connectivity index is 4.82. The molecule has 0 aromatic heterocycles. The molecule has 0 rings (SSSR count). The number of amides is 1. The molecule has 0 aromatic carbocycles. The smallest absolute Gasteiger partial charge is 0.383 e. The number of alkyl halides is 5. The quantitative estimate of drug-likeness (QED) is 0.707. The van der Waals surface area contributed by atoms with E-state index in [4.69, 9.17) is 5.73 Å². The van der Waals surface area contributed by atoms with E-state index in [2.05, 4.69) is 4.74 Å². The molecule has 0 fully saturated rings. The maximum absolute atomic E-state index is 12.8. The summed E-state index contributed by atoms with van der Waals surface area (Å²) in [5, 5.41) is 0. The minimum atomic E-state index is -5.90. The summed E-state index contributed by atoms with van der Waals surface area (Å²) in [7, 11) is 1.24. The summed E-state index contributed by atoms with van der Waals surface area (Å²) >= 11 is 0. The first-order valence-corrected chi connectivity index (χ1v) is 5.11. The van der Waals surface area contributed by atoms with Gasteiger partial charge in [-0.15, -0.1) is 0 Å². The zero-order valence-corrected chi connectivity index (χ0v) is 9.77. The van der Waals surface area contributed by atoms with Crippen molar-refractivity contribution in [2.45, 2.75) is 18.5 Å². The SMILES string of the molecule is COCCN(CCCN)C(=O)C(F)(F)C(F)(F)F. The lowest BCUT2D eigenvalue weighted by molar-refractivity contribution is -0.274. The summed E-state index contributed by atoms with van der Waals surface area (Å²) in [4.78, 5) is 11.6. The fraction of sp³-hybridized carbons (Fsp3) is 0.889. The first-order chi connectivity index (χ1) is 8.18. The monoisotopic (exact) mass is 278 g/mol. The Morgan fingerprint density at radius 2 is 1.78 bits per heavy atom. The summed E-state index contributed by atoms with van der Waals surface area (Å²) < 4.78 is 66.3. The molecule has 0 heterocycles. The van der Waals surface area contributed by atoms with Gasteiger partial charge in [-0.25, -0.2) is 0 Å². The molecule has 0 saturated heterocycles. The molecule has 0 spiro atoms. The van der Waals surface area contributed by atoms with E-state index in [0.29, 0.717) is 4.90 Å². The first kappa shape index (κ1) is 17.0. The molecule has 0 atom stereocenters. The second-order valence-electron chi connectivity index (χ2n) is 3.50. The number of nitrogens with two attached hydrogens (primary N) is 1. The van der Waals surface area contributed by atoms with Crippen LogP contribution in [-0.4, -0.2) is 56.3 Å². The zero-order chi connectivity index (χ0) is 14.4. The van der Waals surface area contributed by atoms with Crippen LogP contribution in [-0.2, 0) is 9.53 Å². The first-order valence-electron chi connectivity index (χ1n) is 5.11. The van der Waals surface area contributed by atoms with Crippen molar-refractivity contribution >= 4 is 5.91 Å². The van der Waals surface area contributed by atoms with Gasteiger partial charge in [-0.1, -0.05) is 0 Å². The number of carbonyl (C=O) groups is 1. The van der Waals surface area contributed by atoms with E-state index in [9.17, 15) is 26.7 Å². The molecule has 0 aliphatic heterocycles. The number of ether oxygens (including phenoxy) is 1. The highest BCUT2D eigenvalue weighted by Gasteiger charge is 2.64. The van der Waals surface area contributed by atoms with Crippen molar-refractivity contribution < 1.29 is 31.5 Å². The number of carbonyl (C=O) groups excluding carboxylic acids is 1. The van der Waals surface area contributed by atoms with Crippen LogP contribution < -0.4 is 5.73 Å². The lowest BCUT2D eigenvalue weighted by atomic mass is 10.2. The highest BCUT2D eigenvalue weighted by Crippen LogP contribution is 2.36. The largest absolute Gasteiger partial charge is 0.463 e. The molecule has 108 valence electrons. The van der Waals surface area contributed by atoms with E-state index in [0.717, 1.165) is 0 Å². The Kier molecular flexibility index (Phi) is 6.47. The molecule has 18 heavy (non-hydrogen) atoms. The van der Waals surface area contributed by atoms with Crippen LogP contribution in [0.3, 0.4) is 0 Å². The van der Waals surface area contributed by atoms with Crippen LogP contribution in [0.2, 0.25) is 0 Å². The molecule has 0 radical (unpaired) electrons. The van der Waals surface area contributed by atoms with Crippen LogP contribution in [0.4, 0.5) is 22.0 Å². The van der Waals surface area contributed by atoms with E-state index in [-0.39, 0.29) is 32.7 Å². The van der Waals surface area contributed by atoms with Gasteiger partial charge in [0.2, 0.25) is 0 Å². The summed E-state index contributed by atoms with van der Waals surface area (Å²) in [5.41, 5.74) is 5.12. The fourth-order valence-corrected chi connectivity index (χ4v) is 1.12. The second kappa shape index (κ2) is 6.83. The van der Waals surface area contributed by atoms with Gasteiger partial charge in [0, 0.05) is 20.2 Å². The van der Waals surface area contributed by atoms with Gasteiger partial charge in [0.15, 0.2) is 0 Å². The van der Waals surface area contributed by atoms with Crippen LogP contribution in [0.15, 0.2) is 0 Å². The fourth-order valence-electron chi connectivity index (χ4n) is 1.12. The van der Waals surface area contributed by atoms with E-state index in [1.165, 1.54) is 7.11 Å². The van der Waals surface area contributed by atoms with Gasteiger partial charge < -0.3 is 15.4 Å². The third-order valence-electron chi connectivity index (χ3n) is 2.11. The molecule has 0 unspecified atom stereocenters. The van der Waals surface area contributed by atoms with Gasteiger partial charge in [0.1, 0.15) is 0 Å². The molecular formula is C9H15F5N2O2. The van der Waals surface area contributed by atoms with Gasteiger partial charge in [-0.2, -0.15) is 22.0 Å². The van der Waals surface area contributed by atoms with E-state index in [1.807, 2.05) is 0 Å². The van der Waals surface area contributed by atoms with Gasteiger partial charge >= 0.3 is 18.0 Å². The van der Waals surface area contributed by atoms with Crippen LogP contribution in [0.5, 0.6) is 0 Å². The Labute approximate surface area is 101 Å². The third-order valence-corrected chi connectivity index (χ3v) is 2.11. The molecule has 0 aliphatic rings. The third kappa shape index (κ3) is 4.37. The highest BCUT2D eigenvalue weighted by atomic mass is 19.4. The number of hydrogen-bond acceptors (Lipinski definition) is 3. The van der Waals surface area contributed by atoms with Gasteiger partial charge in [0.05, 0.1) is 6.61 Å². The average Bonchev–Trinajstić information content (AvgIpc) is 2.27. The number of methoxy groups -OCH3 is 1. The van der Waals surface area contributed by atoms with Gasteiger partial charge in [-0.05, 0) is 13.0 Å². The molecule has 9 heteroatoms. The number of hydrogen-bond donors (Lipinski definition) is 1. The molecule has 0 bridgehead atoms. The highest BCUT2D eigenvalue weighted by molar-refractivity contribution is 5.84. The summed E-state index contributed by atoms with van der Waals surface area (Å²) in [6.07, 6.45) is -5.78. The molecule has 0 aromatic rings. The zero-order valence-electron chi connectivity index (χ0n) is 9.77. The van der Waals surface area contributed by atoms with Crippen molar-refractivity contribution in [1.82, 2.24) is 4.90 Å². The maximum Gasteiger partial charge on any atom is 0.463 e. The standard InChI is InChI=1S/C9H15F5N2O2/c1-18-6-5-16(4-2-3-15)7(17)8(10,11)9(12,13)14/h2-6,15H2,1H3. The van der Waals surface area contributed by atoms with Crippen molar-refractivity contribution in [3.8, 4) is 0 Å². The molecule has 4 nitrogen and oxygen atoms in total. The Morgan fingerprint density at radius 1 is 1.22 bits per heavy atom. The Bertz CT molecular complexity index is 262. The number of halogens is 5. The van der Waals surface area contributed by atoms with E-state index in [1.54, 1.807) is 0 Å². The van der Waals surface area contributed by atoms with Crippen LogP contribution >= 0.6 is 0 Å². The number of rotatable bonds is 7. The molecule has 2 N–H and O–H groups in total. The maximum atomic E-state index is 12.8. The molecule has 0 aliphatic carbocycles. The Morgan fingerprint density at radius 3 is 2.17 bits per heavy atom. The predicted molar refractivity (Wildman–Crippen MR) is 53.1 cm³/mol. The molecule has 1 amide bonds. The molecule has 0 saturated carbocycles. The van der Waals surface area contributed by atoms with Crippen molar-refractivity contribution in [3.05, 3.63) is 0 Å². The topological polar surface area (TPSA) is 55.6 Å². The lowest BCUT2D eigenvalue weighted by Crippen LogP contribution is -2.53. The van der Waals surface area contributed by atoms with E-state index >= 15 is 0 Å². The van der Waals surface area contributed by atoms with Crippen molar-refractivity contribution in [2.24, 2.45) is 5.73 Å². The summed E-state index contributed by atoms with van der Waals surface area (Å²) in [6, 6.07) is 0. The van der Waals surface area contributed by atoms with Crippen molar-refractivity contribution in [1.29, 1.82) is 0 Å². The molecular weight excluding hydrogens is 263 g/mol. The van der Waals surface area contributed by atoms with Gasteiger partial charge in [-0.3, -0.25) is 4.79 Å². The van der Waals surface area contributed by atoms with E-state index < -0.39 is 18.0 Å². The van der Waals surface area contributed by atoms with Crippen LogP contribution in [0.25, 0.3) is 0 Å². The average molecular weight is 278 g/mol. The minimum Gasteiger partial charge on any atom is -0.383 e. The van der Waals surface area contributed by atoms with Crippen molar-refractivity contribution in [2.75, 3.05) is 33.4 Å². The number of nitrogens with zero attached hydrogens (tertiary/aromatic N) is 1. The Hall–Kier alpha value is -0.960. The second-order valence-corrected chi connectivity index (χ2v) is 3.50. The predicted octanol–water partition coefficient (Wildman–Crippen LogP) is 1.01. The lowest BCUT2D eigenvalue weighted by Gasteiger charge is -2.27. The van der Waals surface area contributed by atoms with Crippen LogP contribution in [0, 0.1) is 0 Å². The van der Waals surface area contributed by atoms with Crippen LogP contribution in [0.1, 0.15) is 6.42 Å². The van der Waals surface area contributed by atoms with Crippen molar-refractivity contribution in [3.63, 3.8) is 0 Å². The normalized spacial score (nSPS) is 12.6. The minimum absolute atomic E-state index is 0.0777. The summed E-state index contributed by atoms with van der Waals surface area (Å²) in [6.45, 7) is -0.677. The summed E-state index contributed by atoms with van der Waals surface area (Å²) in [5.74, 6) is -7.67. The van der Waals surface area contributed by atoms with Gasteiger partial charge in [0.25, 0.3) is 0 Å².